The third-order valence-electron chi connectivity index (χ3n) is 11.2. The second-order valence-corrected chi connectivity index (χ2v) is 14.6. The maximum Gasteiger partial charge on any atom is 0.160 e. The van der Waals surface area contributed by atoms with Crippen molar-refractivity contribution >= 4 is 43.4 Å². The molecule has 57 heavy (non-hydrogen) atoms. The van der Waals surface area contributed by atoms with E-state index in [0.717, 1.165) is 50.0 Å². The number of aromatic nitrogens is 3. The van der Waals surface area contributed by atoms with E-state index in [1.807, 2.05) is 18.2 Å². The van der Waals surface area contributed by atoms with E-state index in [0.29, 0.717) is 5.82 Å². The third kappa shape index (κ3) is 5.76. The van der Waals surface area contributed by atoms with Crippen molar-refractivity contribution in [2.24, 2.45) is 0 Å². The van der Waals surface area contributed by atoms with Crippen molar-refractivity contribution in [3.05, 3.63) is 212 Å². The van der Waals surface area contributed by atoms with Crippen molar-refractivity contribution in [1.82, 2.24) is 14.5 Å². The Morgan fingerprint density at radius 2 is 0.877 bits per heavy atom. The predicted octanol–water partition coefficient (Wildman–Crippen LogP) is 14.2. The molecule has 0 aliphatic carbocycles. The molecule has 11 aromatic rings. The van der Waals surface area contributed by atoms with E-state index < -0.39 is 0 Å². The van der Waals surface area contributed by atoms with Crippen LogP contribution < -0.4 is 0 Å². The molecule has 0 spiro atoms. The summed E-state index contributed by atoms with van der Waals surface area (Å²) in [6.07, 6.45) is 0. The Labute approximate surface area is 330 Å². The van der Waals surface area contributed by atoms with E-state index >= 15 is 0 Å². The number of benzene rings is 9. The highest BCUT2D eigenvalue weighted by atomic mass is 15.0. The molecule has 0 fully saturated rings. The summed E-state index contributed by atoms with van der Waals surface area (Å²) < 4.78 is 2.36. The molecule has 0 radical (unpaired) electrons. The van der Waals surface area contributed by atoms with E-state index in [2.05, 4.69) is 199 Å². The Morgan fingerprint density at radius 3 is 1.67 bits per heavy atom. The normalized spacial score (nSPS) is 11.5. The van der Waals surface area contributed by atoms with Crippen molar-refractivity contribution < 1.29 is 0 Å². The Bertz CT molecular complexity index is 3270. The highest BCUT2D eigenvalue weighted by Gasteiger charge is 2.18. The van der Waals surface area contributed by atoms with Crippen molar-refractivity contribution in [2.45, 2.75) is 0 Å². The van der Waals surface area contributed by atoms with Crippen LogP contribution in [0.5, 0.6) is 0 Å². The molecular formula is C54H35N3. The molecular weight excluding hydrogens is 691 g/mol. The van der Waals surface area contributed by atoms with Gasteiger partial charge >= 0.3 is 0 Å². The Morgan fingerprint density at radius 1 is 0.316 bits per heavy atom. The van der Waals surface area contributed by atoms with Crippen molar-refractivity contribution in [3.63, 3.8) is 0 Å². The van der Waals surface area contributed by atoms with Gasteiger partial charge in [0.2, 0.25) is 0 Å². The largest absolute Gasteiger partial charge is 0.309 e. The van der Waals surface area contributed by atoms with Gasteiger partial charge < -0.3 is 4.57 Å². The third-order valence-corrected chi connectivity index (χ3v) is 11.2. The molecule has 0 unspecified atom stereocenters. The number of rotatable bonds is 6. The number of hydrogen-bond donors (Lipinski definition) is 0. The fourth-order valence-corrected chi connectivity index (χ4v) is 8.44. The van der Waals surface area contributed by atoms with Crippen LogP contribution in [0.4, 0.5) is 0 Å². The van der Waals surface area contributed by atoms with Gasteiger partial charge in [0, 0.05) is 33.2 Å². The quantitative estimate of drug-likeness (QED) is 0.171. The number of nitrogens with zero attached hydrogens (tertiary/aromatic N) is 3. The molecule has 0 bridgehead atoms. The molecule has 3 nitrogen and oxygen atoms in total. The van der Waals surface area contributed by atoms with Crippen LogP contribution in [0, 0.1) is 0 Å². The van der Waals surface area contributed by atoms with Crippen LogP contribution in [0.15, 0.2) is 212 Å². The zero-order chi connectivity index (χ0) is 37.7. The molecule has 266 valence electrons. The summed E-state index contributed by atoms with van der Waals surface area (Å²) in [4.78, 5) is 10.5. The highest BCUT2D eigenvalue weighted by Crippen LogP contribution is 2.40. The topological polar surface area (TPSA) is 30.7 Å². The van der Waals surface area contributed by atoms with Gasteiger partial charge in [0.25, 0.3) is 0 Å². The lowest BCUT2D eigenvalue weighted by Gasteiger charge is -2.16. The lowest BCUT2D eigenvalue weighted by molar-refractivity contribution is 1.18. The summed E-state index contributed by atoms with van der Waals surface area (Å²) in [5.41, 5.74) is 13.2. The van der Waals surface area contributed by atoms with Crippen molar-refractivity contribution in [3.8, 4) is 61.8 Å². The Kier molecular flexibility index (Phi) is 7.82. The molecule has 2 aromatic heterocycles. The van der Waals surface area contributed by atoms with E-state index in [4.69, 9.17) is 9.97 Å². The van der Waals surface area contributed by atoms with Gasteiger partial charge in [-0.05, 0) is 92.3 Å². The highest BCUT2D eigenvalue weighted by molar-refractivity contribution is 6.11. The zero-order valence-corrected chi connectivity index (χ0v) is 31.0. The van der Waals surface area contributed by atoms with E-state index in [1.165, 1.54) is 49.4 Å². The first-order valence-corrected chi connectivity index (χ1v) is 19.4. The second-order valence-electron chi connectivity index (χ2n) is 14.6. The molecule has 0 saturated carbocycles. The summed E-state index contributed by atoms with van der Waals surface area (Å²) in [5, 5.41) is 7.18. The van der Waals surface area contributed by atoms with Crippen molar-refractivity contribution in [1.29, 1.82) is 0 Å². The van der Waals surface area contributed by atoms with Gasteiger partial charge in [-0.25, -0.2) is 9.97 Å². The molecule has 0 aliphatic heterocycles. The smallest absolute Gasteiger partial charge is 0.160 e. The fourth-order valence-electron chi connectivity index (χ4n) is 8.44. The van der Waals surface area contributed by atoms with Crippen LogP contribution in [0.25, 0.3) is 105 Å². The first-order chi connectivity index (χ1) is 28.2. The van der Waals surface area contributed by atoms with E-state index in [9.17, 15) is 0 Å². The van der Waals surface area contributed by atoms with Gasteiger partial charge in [-0.2, -0.15) is 0 Å². The first-order valence-electron chi connectivity index (χ1n) is 19.4. The number of para-hydroxylation sites is 2. The minimum absolute atomic E-state index is 0.703. The molecule has 0 N–H and O–H groups in total. The molecule has 0 atom stereocenters. The van der Waals surface area contributed by atoms with Gasteiger partial charge in [-0.15, -0.1) is 0 Å². The lowest BCUT2D eigenvalue weighted by Crippen LogP contribution is -1.98. The van der Waals surface area contributed by atoms with Crippen molar-refractivity contribution in [2.75, 3.05) is 0 Å². The summed E-state index contributed by atoms with van der Waals surface area (Å²) in [6, 6.07) is 75.7. The van der Waals surface area contributed by atoms with Gasteiger partial charge in [0.05, 0.1) is 22.4 Å². The first kappa shape index (κ1) is 32.8. The standard InChI is InChI=1S/C54H35N3/c1-4-14-36(15-5-1)46-30-28-37-16-10-11-21-45(37)53(46)50-35-49(55-54(56-50)38-17-6-2-7-18-38)43-27-26-39-32-40(24-25-41(39)33-43)42-29-31-52-48(34-42)47-22-12-13-23-51(47)57(52)44-19-8-3-9-20-44/h1-35H. The van der Waals surface area contributed by atoms with Crippen LogP contribution in [-0.4, -0.2) is 14.5 Å². The fraction of sp³-hybridized carbons (Fsp3) is 0. The Hall–Kier alpha value is -7.62. The van der Waals surface area contributed by atoms with Gasteiger partial charge in [0.15, 0.2) is 5.82 Å². The van der Waals surface area contributed by atoms with Gasteiger partial charge in [0.1, 0.15) is 0 Å². The van der Waals surface area contributed by atoms with Crippen LogP contribution in [-0.2, 0) is 0 Å². The number of fused-ring (bicyclic) bond motifs is 5. The second kappa shape index (κ2) is 13.6. The van der Waals surface area contributed by atoms with Crippen LogP contribution in [0.1, 0.15) is 0 Å². The van der Waals surface area contributed by atoms with Crippen LogP contribution in [0.2, 0.25) is 0 Å². The molecule has 0 amide bonds. The van der Waals surface area contributed by atoms with Gasteiger partial charge in [-0.1, -0.05) is 164 Å². The minimum atomic E-state index is 0.703. The zero-order valence-electron chi connectivity index (χ0n) is 31.0. The summed E-state index contributed by atoms with van der Waals surface area (Å²) >= 11 is 0. The molecule has 3 heteroatoms. The predicted molar refractivity (Wildman–Crippen MR) is 239 cm³/mol. The average Bonchev–Trinajstić information content (AvgIpc) is 3.62. The maximum absolute atomic E-state index is 5.29. The van der Waals surface area contributed by atoms with Crippen LogP contribution in [0.3, 0.4) is 0 Å². The molecule has 2 heterocycles. The van der Waals surface area contributed by atoms with E-state index in [-0.39, 0.29) is 0 Å². The van der Waals surface area contributed by atoms with Gasteiger partial charge in [-0.3, -0.25) is 0 Å². The average molecular weight is 726 g/mol. The van der Waals surface area contributed by atoms with Crippen LogP contribution >= 0.6 is 0 Å². The molecule has 9 aromatic carbocycles. The molecule has 0 aliphatic rings. The summed E-state index contributed by atoms with van der Waals surface area (Å²) in [5.74, 6) is 0.703. The number of hydrogen-bond acceptors (Lipinski definition) is 2. The minimum Gasteiger partial charge on any atom is -0.309 e. The maximum atomic E-state index is 5.29. The summed E-state index contributed by atoms with van der Waals surface area (Å²) in [7, 11) is 0. The monoisotopic (exact) mass is 725 g/mol. The molecule has 0 saturated heterocycles. The summed E-state index contributed by atoms with van der Waals surface area (Å²) in [6.45, 7) is 0. The Balaban J connectivity index is 1.04. The van der Waals surface area contributed by atoms with E-state index in [1.54, 1.807) is 0 Å². The SMILES string of the molecule is c1ccc(-c2nc(-c3ccc4cc(-c5ccc6c(c5)c5ccccc5n6-c5ccccc5)ccc4c3)cc(-c3c(-c4ccccc4)ccc4ccccc34)n2)cc1. The lowest BCUT2D eigenvalue weighted by atomic mass is 9.91. The molecule has 11 rings (SSSR count).